The maximum absolute atomic E-state index is 5.25. The van der Waals surface area contributed by atoms with Crippen LogP contribution in [0.1, 0.15) is 65.2 Å². The van der Waals surface area contributed by atoms with E-state index in [1.54, 1.807) is 7.11 Å². The van der Waals surface area contributed by atoms with E-state index in [1.165, 1.54) is 64.5 Å². The first kappa shape index (κ1) is 17.9. The van der Waals surface area contributed by atoms with E-state index in [4.69, 9.17) is 4.74 Å². The zero-order valence-electron chi connectivity index (χ0n) is 14.0. The standard InChI is InChI=1S/C17H36N2O/c1-4-17(5-2)19(14-15-20-3)13-9-7-6-8-12-18-16-10-11-16/h16-18H,4-15H2,1-3H3. The highest BCUT2D eigenvalue weighted by Gasteiger charge is 2.19. The molecule has 0 bridgehead atoms. The Hall–Kier alpha value is -0.120. The highest BCUT2D eigenvalue weighted by molar-refractivity contribution is 4.80. The second-order valence-electron chi connectivity index (χ2n) is 6.14. The molecule has 0 saturated heterocycles. The molecule has 0 aromatic heterocycles. The number of nitrogens with one attached hydrogen (secondary N) is 1. The molecular weight excluding hydrogens is 248 g/mol. The molecule has 3 heteroatoms. The molecule has 1 N–H and O–H groups in total. The van der Waals surface area contributed by atoms with E-state index in [9.17, 15) is 0 Å². The minimum Gasteiger partial charge on any atom is -0.383 e. The molecule has 3 nitrogen and oxygen atoms in total. The lowest BCUT2D eigenvalue weighted by molar-refractivity contribution is 0.113. The van der Waals surface area contributed by atoms with Crippen LogP contribution in [0.15, 0.2) is 0 Å². The molecule has 20 heavy (non-hydrogen) atoms. The predicted octanol–water partition coefficient (Wildman–Crippen LogP) is 3.44. The molecule has 1 saturated carbocycles. The molecule has 0 atom stereocenters. The first-order valence-electron chi connectivity index (χ1n) is 8.78. The zero-order valence-corrected chi connectivity index (χ0v) is 14.0. The fourth-order valence-electron chi connectivity index (χ4n) is 2.88. The van der Waals surface area contributed by atoms with Gasteiger partial charge in [-0.15, -0.1) is 0 Å². The topological polar surface area (TPSA) is 24.5 Å². The van der Waals surface area contributed by atoms with Gasteiger partial charge >= 0.3 is 0 Å². The van der Waals surface area contributed by atoms with E-state index >= 15 is 0 Å². The Morgan fingerprint density at radius 3 is 2.35 bits per heavy atom. The zero-order chi connectivity index (χ0) is 14.6. The van der Waals surface area contributed by atoms with Gasteiger partial charge in [0.1, 0.15) is 0 Å². The van der Waals surface area contributed by atoms with Crippen LogP contribution in [-0.4, -0.2) is 50.3 Å². The lowest BCUT2D eigenvalue weighted by atomic mass is 10.1. The summed E-state index contributed by atoms with van der Waals surface area (Å²) in [6, 6.07) is 1.61. The van der Waals surface area contributed by atoms with E-state index in [1.807, 2.05) is 0 Å². The molecule has 0 heterocycles. The summed E-state index contributed by atoms with van der Waals surface area (Å²) in [7, 11) is 1.80. The van der Waals surface area contributed by atoms with Gasteiger partial charge in [0, 0.05) is 25.7 Å². The van der Waals surface area contributed by atoms with Crippen molar-refractivity contribution in [3.8, 4) is 0 Å². The molecule has 0 spiro atoms. The monoisotopic (exact) mass is 284 g/mol. The van der Waals surface area contributed by atoms with Crippen molar-refractivity contribution in [3.63, 3.8) is 0 Å². The van der Waals surface area contributed by atoms with Crippen LogP contribution in [0.3, 0.4) is 0 Å². The van der Waals surface area contributed by atoms with Crippen LogP contribution in [0.2, 0.25) is 0 Å². The van der Waals surface area contributed by atoms with Gasteiger partial charge in [0.2, 0.25) is 0 Å². The summed E-state index contributed by atoms with van der Waals surface area (Å²) in [5.41, 5.74) is 0. The van der Waals surface area contributed by atoms with Gasteiger partial charge in [-0.1, -0.05) is 26.7 Å². The maximum Gasteiger partial charge on any atom is 0.0589 e. The molecule has 1 aliphatic carbocycles. The molecule has 0 aromatic rings. The van der Waals surface area contributed by atoms with Crippen LogP contribution in [0.4, 0.5) is 0 Å². The Balaban J connectivity index is 2.03. The predicted molar refractivity (Wildman–Crippen MR) is 87.3 cm³/mol. The second-order valence-corrected chi connectivity index (χ2v) is 6.14. The van der Waals surface area contributed by atoms with E-state index in [0.29, 0.717) is 0 Å². The molecular formula is C17H36N2O. The van der Waals surface area contributed by atoms with Crippen molar-refractivity contribution in [2.45, 2.75) is 77.3 Å². The molecule has 0 radical (unpaired) electrons. The van der Waals surface area contributed by atoms with Gasteiger partial charge in [0.15, 0.2) is 0 Å². The molecule has 1 fully saturated rings. The quantitative estimate of drug-likeness (QED) is 0.495. The van der Waals surface area contributed by atoms with E-state index in [0.717, 1.165) is 25.2 Å². The van der Waals surface area contributed by atoms with Crippen molar-refractivity contribution in [1.82, 2.24) is 10.2 Å². The lowest BCUT2D eigenvalue weighted by Crippen LogP contribution is -2.37. The van der Waals surface area contributed by atoms with Gasteiger partial charge in [0.25, 0.3) is 0 Å². The van der Waals surface area contributed by atoms with E-state index in [-0.39, 0.29) is 0 Å². The Kier molecular flexibility index (Phi) is 10.3. The number of unbranched alkanes of at least 4 members (excludes halogenated alkanes) is 3. The van der Waals surface area contributed by atoms with Crippen LogP contribution < -0.4 is 5.32 Å². The third kappa shape index (κ3) is 8.23. The minimum atomic E-state index is 0.738. The summed E-state index contributed by atoms with van der Waals surface area (Å²) in [5, 5.41) is 3.59. The first-order chi connectivity index (χ1) is 9.81. The van der Waals surface area contributed by atoms with Gasteiger partial charge in [-0.3, -0.25) is 4.90 Å². The van der Waals surface area contributed by atoms with Gasteiger partial charge in [-0.05, 0) is 51.6 Å². The highest BCUT2D eigenvalue weighted by Crippen LogP contribution is 2.18. The molecule has 1 rings (SSSR count). The number of rotatable bonds is 14. The van der Waals surface area contributed by atoms with Gasteiger partial charge in [-0.25, -0.2) is 0 Å². The number of ether oxygens (including phenoxy) is 1. The number of nitrogens with zero attached hydrogens (tertiary/aromatic N) is 1. The molecule has 120 valence electrons. The van der Waals surface area contributed by atoms with Crippen molar-refractivity contribution < 1.29 is 4.74 Å². The van der Waals surface area contributed by atoms with Crippen molar-refractivity contribution in [1.29, 1.82) is 0 Å². The van der Waals surface area contributed by atoms with Crippen LogP contribution in [0.25, 0.3) is 0 Å². The molecule has 0 unspecified atom stereocenters. The maximum atomic E-state index is 5.25. The van der Waals surface area contributed by atoms with Crippen LogP contribution in [0.5, 0.6) is 0 Å². The SMILES string of the molecule is CCC(CC)N(CCCCCCNC1CC1)CCOC. The minimum absolute atomic E-state index is 0.738. The normalized spacial score (nSPS) is 15.4. The third-order valence-electron chi connectivity index (χ3n) is 4.42. The molecule has 0 aromatic carbocycles. The Bertz CT molecular complexity index is 215. The molecule has 1 aliphatic rings. The fourth-order valence-corrected chi connectivity index (χ4v) is 2.88. The third-order valence-corrected chi connectivity index (χ3v) is 4.42. The van der Waals surface area contributed by atoms with Crippen molar-refractivity contribution in [3.05, 3.63) is 0 Å². The van der Waals surface area contributed by atoms with Gasteiger partial charge in [0.05, 0.1) is 6.61 Å². The first-order valence-corrected chi connectivity index (χ1v) is 8.78. The van der Waals surface area contributed by atoms with Crippen LogP contribution in [0, 0.1) is 0 Å². The Labute approximate surface area is 126 Å². The van der Waals surface area contributed by atoms with Crippen LogP contribution >= 0.6 is 0 Å². The summed E-state index contributed by atoms with van der Waals surface area (Å²) in [6.07, 6.45) is 10.8. The van der Waals surface area contributed by atoms with E-state index < -0.39 is 0 Å². The molecule has 0 amide bonds. The summed E-state index contributed by atoms with van der Waals surface area (Å²) >= 11 is 0. The number of methoxy groups -OCH3 is 1. The lowest BCUT2D eigenvalue weighted by Gasteiger charge is -2.30. The van der Waals surface area contributed by atoms with Crippen molar-refractivity contribution in [2.24, 2.45) is 0 Å². The summed E-state index contributed by atoms with van der Waals surface area (Å²) in [4.78, 5) is 2.63. The van der Waals surface area contributed by atoms with Gasteiger partial charge in [-0.2, -0.15) is 0 Å². The average Bonchev–Trinajstić information content (AvgIpc) is 3.28. The second kappa shape index (κ2) is 11.5. The molecule has 0 aliphatic heterocycles. The smallest absolute Gasteiger partial charge is 0.0589 e. The van der Waals surface area contributed by atoms with E-state index in [2.05, 4.69) is 24.1 Å². The summed E-state index contributed by atoms with van der Waals surface area (Å²) in [5.74, 6) is 0. The van der Waals surface area contributed by atoms with Gasteiger partial charge < -0.3 is 10.1 Å². The fraction of sp³-hybridized carbons (Fsp3) is 1.00. The Morgan fingerprint density at radius 2 is 1.75 bits per heavy atom. The summed E-state index contributed by atoms with van der Waals surface area (Å²) < 4.78 is 5.25. The van der Waals surface area contributed by atoms with Crippen molar-refractivity contribution >= 4 is 0 Å². The summed E-state index contributed by atoms with van der Waals surface area (Å²) in [6.45, 7) is 9.03. The number of hydrogen-bond donors (Lipinski definition) is 1. The average molecular weight is 284 g/mol. The number of hydrogen-bond acceptors (Lipinski definition) is 3. The largest absolute Gasteiger partial charge is 0.383 e. The Morgan fingerprint density at radius 1 is 1.05 bits per heavy atom. The van der Waals surface area contributed by atoms with Crippen LogP contribution in [-0.2, 0) is 4.74 Å². The highest BCUT2D eigenvalue weighted by atomic mass is 16.5. The van der Waals surface area contributed by atoms with Crippen molar-refractivity contribution in [2.75, 3.05) is 33.4 Å².